The Hall–Kier alpha value is -2.13. The number of nitrogens with zero attached hydrogens (tertiary/aromatic N) is 3. The van der Waals surface area contributed by atoms with E-state index in [1.165, 1.54) is 6.42 Å². The third kappa shape index (κ3) is 4.30. The molecular weight excluding hydrogens is 368 g/mol. The molecule has 2 fully saturated rings. The van der Waals surface area contributed by atoms with Crippen molar-refractivity contribution < 1.29 is 4.74 Å². The highest BCUT2D eigenvalue weighted by Crippen LogP contribution is 2.38. The first-order valence-corrected chi connectivity index (χ1v) is 10.5. The van der Waals surface area contributed by atoms with Crippen molar-refractivity contribution in [1.82, 2.24) is 10.2 Å². The molecule has 28 heavy (non-hydrogen) atoms. The predicted molar refractivity (Wildman–Crippen MR) is 116 cm³/mol. The zero-order valence-corrected chi connectivity index (χ0v) is 17.9. The second kappa shape index (κ2) is 8.48. The van der Waals surface area contributed by atoms with Gasteiger partial charge in [0.05, 0.1) is 12.1 Å². The zero-order chi connectivity index (χ0) is 20.2. The summed E-state index contributed by atoms with van der Waals surface area (Å²) in [5, 5.41) is 13.3. The number of nitrogens with one attached hydrogen (secondary N) is 1. The number of ether oxygens (including phenoxy) is 1. The number of benzene rings is 1. The van der Waals surface area contributed by atoms with Crippen LogP contribution < -0.4 is 10.1 Å². The van der Waals surface area contributed by atoms with Gasteiger partial charge in [-0.1, -0.05) is 58.2 Å². The van der Waals surface area contributed by atoms with Crippen LogP contribution in [0, 0.1) is 16.7 Å². The fourth-order valence-corrected chi connectivity index (χ4v) is 4.36. The lowest BCUT2D eigenvalue weighted by atomic mass is 9.79. The molecule has 1 aliphatic heterocycles. The van der Waals surface area contributed by atoms with E-state index >= 15 is 0 Å². The maximum absolute atomic E-state index is 9.33. The van der Waals surface area contributed by atoms with Crippen LogP contribution in [-0.2, 0) is 0 Å². The number of para-hydroxylation sites is 1. The van der Waals surface area contributed by atoms with E-state index in [1.807, 2.05) is 30.3 Å². The van der Waals surface area contributed by atoms with Gasteiger partial charge in [0.1, 0.15) is 30.3 Å². The van der Waals surface area contributed by atoms with Gasteiger partial charge in [-0.15, -0.1) is 0 Å². The predicted octanol–water partition coefficient (Wildman–Crippen LogP) is 4.30. The Morgan fingerprint density at radius 3 is 2.54 bits per heavy atom. The van der Waals surface area contributed by atoms with Crippen LogP contribution in [0.2, 0.25) is 0 Å². The molecule has 1 heterocycles. The summed E-state index contributed by atoms with van der Waals surface area (Å²) in [6, 6.07) is 12.1. The molecule has 1 spiro atoms. The van der Waals surface area contributed by atoms with Gasteiger partial charge in [-0.2, -0.15) is 5.26 Å². The van der Waals surface area contributed by atoms with Crippen molar-refractivity contribution in [3.8, 4) is 11.8 Å². The van der Waals surface area contributed by atoms with Crippen molar-refractivity contribution in [2.75, 3.05) is 13.2 Å². The molecule has 6 heteroatoms. The van der Waals surface area contributed by atoms with Gasteiger partial charge in [-0.05, 0) is 42.6 Å². The Labute approximate surface area is 173 Å². The zero-order valence-electron chi connectivity index (χ0n) is 17.1. The fourth-order valence-electron chi connectivity index (χ4n) is 4.03. The minimum absolute atomic E-state index is 0.0288. The molecule has 3 rings (SSSR count). The SMILES string of the molecule is CC(C)(C)C(COc1ccccc1)N=C1NC(=S)N(CC#N)C12CCCCC2. The first-order chi connectivity index (χ1) is 13.4. The quantitative estimate of drug-likeness (QED) is 0.592. The summed E-state index contributed by atoms with van der Waals surface area (Å²) in [4.78, 5) is 7.22. The topological polar surface area (TPSA) is 60.6 Å². The van der Waals surface area contributed by atoms with Crippen molar-refractivity contribution in [1.29, 1.82) is 5.26 Å². The second-order valence-electron chi connectivity index (χ2n) is 8.75. The number of hydrogen-bond donors (Lipinski definition) is 1. The highest BCUT2D eigenvalue weighted by molar-refractivity contribution is 7.80. The first-order valence-electron chi connectivity index (χ1n) is 10.1. The molecule has 1 aromatic rings. The van der Waals surface area contributed by atoms with Gasteiger partial charge in [-0.25, -0.2) is 0 Å². The summed E-state index contributed by atoms with van der Waals surface area (Å²) in [5.74, 6) is 1.77. The summed E-state index contributed by atoms with van der Waals surface area (Å²) in [5.41, 5.74) is -0.328. The number of thiocarbonyl (C=S) groups is 1. The molecule has 0 radical (unpaired) electrons. The molecular formula is C22H30N4OS. The number of rotatable bonds is 5. The van der Waals surface area contributed by atoms with E-state index in [4.69, 9.17) is 21.9 Å². The van der Waals surface area contributed by atoms with Gasteiger partial charge < -0.3 is 15.0 Å². The van der Waals surface area contributed by atoms with Gasteiger partial charge in [0.15, 0.2) is 5.11 Å². The Kier molecular flexibility index (Phi) is 6.24. The average Bonchev–Trinajstić information content (AvgIpc) is 2.91. The Morgan fingerprint density at radius 1 is 1.25 bits per heavy atom. The summed E-state index contributed by atoms with van der Waals surface area (Å²) in [7, 11) is 0. The standard InChI is InChI=1S/C22H30N4OS/c1-21(2,3)18(16-27-17-10-6-4-7-11-17)24-19-22(12-8-5-9-13-22)26(15-14-23)20(28)25-19/h4,6-7,10-11,18H,5,8-9,12-13,15-16H2,1-3H3,(H,24,25,28). The van der Waals surface area contributed by atoms with Gasteiger partial charge in [0.25, 0.3) is 0 Å². The van der Waals surface area contributed by atoms with E-state index in [2.05, 4.69) is 37.1 Å². The minimum atomic E-state index is -0.263. The Bertz CT molecular complexity index is 757. The summed E-state index contributed by atoms with van der Waals surface area (Å²) >= 11 is 5.58. The number of hydrogen-bond acceptors (Lipinski definition) is 4. The smallest absolute Gasteiger partial charge is 0.176 e. The third-order valence-corrected chi connectivity index (χ3v) is 6.10. The molecule has 2 aliphatic rings. The molecule has 1 saturated carbocycles. The molecule has 1 atom stereocenters. The van der Waals surface area contributed by atoms with Crippen LogP contribution >= 0.6 is 12.2 Å². The minimum Gasteiger partial charge on any atom is -0.491 e. The largest absolute Gasteiger partial charge is 0.491 e. The van der Waals surface area contributed by atoms with Crippen molar-refractivity contribution in [3.05, 3.63) is 30.3 Å². The lowest BCUT2D eigenvalue weighted by Gasteiger charge is -2.40. The molecule has 0 bridgehead atoms. The van der Waals surface area contributed by atoms with Crippen molar-refractivity contribution in [2.24, 2.45) is 10.4 Å². The maximum atomic E-state index is 9.33. The van der Waals surface area contributed by atoms with Crippen LogP contribution in [-0.4, -0.2) is 40.6 Å². The van der Waals surface area contributed by atoms with Gasteiger partial charge in [0, 0.05) is 0 Å². The average molecular weight is 399 g/mol. The molecule has 1 aliphatic carbocycles. The molecule has 1 saturated heterocycles. The number of aliphatic imine (C=N–C) groups is 1. The van der Waals surface area contributed by atoms with Crippen LogP contribution in [0.15, 0.2) is 35.3 Å². The summed E-state index contributed by atoms with van der Waals surface area (Å²) in [6.45, 7) is 7.35. The number of nitriles is 1. The lowest BCUT2D eigenvalue weighted by molar-refractivity contribution is 0.196. The van der Waals surface area contributed by atoms with E-state index in [0.29, 0.717) is 18.3 Å². The highest BCUT2D eigenvalue weighted by Gasteiger charge is 2.49. The van der Waals surface area contributed by atoms with Crippen LogP contribution in [0.5, 0.6) is 5.75 Å². The molecule has 150 valence electrons. The normalized spacial score (nSPS) is 21.4. The first kappa shape index (κ1) is 20.6. The van der Waals surface area contributed by atoms with Crippen LogP contribution in [0.25, 0.3) is 0 Å². The fraction of sp³-hybridized carbons (Fsp3) is 0.591. The molecule has 1 N–H and O–H groups in total. The van der Waals surface area contributed by atoms with Crippen molar-refractivity contribution in [2.45, 2.75) is 64.5 Å². The van der Waals surface area contributed by atoms with Crippen LogP contribution in [0.4, 0.5) is 0 Å². The van der Waals surface area contributed by atoms with E-state index in [0.717, 1.165) is 37.3 Å². The highest BCUT2D eigenvalue weighted by atomic mass is 32.1. The molecule has 1 unspecified atom stereocenters. The molecule has 0 aromatic heterocycles. The molecule has 1 aromatic carbocycles. The van der Waals surface area contributed by atoms with Gasteiger partial charge in [0.2, 0.25) is 0 Å². The van der Waals surface area contributed by atoms with Crippen molar-refractivity contribution >= 4 is 23.2 Å². The van der Waals surface area contributed by atoms with Crippen LogP contribution in [0.3, 0.4) is 0 Å². The summed E-state index contributed by atoms with van der Waals surface area (Å²) < 4.78 is 6.05. The monoisotopic (exact) mass is 398 g/mol. The maximum Gasteiger partial charge on any atom is 0.176 e. The summed E-state index contributed by atoms with van der Waals surface area (Å²) in [6.07, 6.45) is 5.45. The van der Waals surface area contributed by atoms with Crippen LogP contribution in [0.1, 0.15) is 52.9 Å². The Morgan fingerprint density at radius 2 is 1.93 bits per heavy atom. The van der Waals surface area contributed by atoms with Gasteiger partial charge >= 0.3 is 0 Å². The van der Waals surface area contributed by atoms with Crippen molar-refractivity contribution in [3.63, 3.8) is 0 Å². The molecule has 0 amide bonds. The van der Waals surface area contributed by atoms with E-state index in [9.17, 15) is 5.26 Å². The number of amidine groups is 1. The van der Waals surface area contributed by atoms with E-state index in [-0.39, 0.29) is 17.0 Å². The second-order valence-corrected chi connectivity index (χ2v) is 9.14. The van der Waals surface area contributed by atoms with E-state index in [1.54, 1.807) is 0 Å². The lowest BCUT2D eigenvalue weighted by Crippen LogP contribution is -2.51. The Balaban J connectivity index is 1.89. The van der Waals surface area contributed by atoms with Gasteiger partial charge in [-0.3, -0.25) is 4.99 Å². The molecule has 5 nitrogen and oxygen atoms in total. The third-order valence-electron chi connectivity index (χ3n) is 5.77. The van der Waals surface area contributed by atoms with E-state index < -0.39 is 0 Å².